The zero-order valence-corrected chi connectivity index (χ0v) is 10.0. The van der Waals surface area contributed by atoms with Crippen LogP contribution in [0.25, 0.3) is 0 Å². The van der Waals surface area contributed by atoms with Crippen molar-refractivity contribution in [3.63, 3.8) is 0 Å². The number of halogens is 2. The minimum absolute atomic E-state index is 0.142. The van der Waals surface area contributed by atoms with Gasteiger partial charge >= 0.3 is 6.61 Å². The lowest BCUT2D eigenvalue weighted by Crippen LogP contribution is -2.43. The fourth-order valence-corrected chi connectivity index (χ4v) is 2.10. The van der Waals surface area contributed by atoms with E-state index in [1.165, 1.54) is 0 Å². The number of alkyl halides is 2. The van der Waals surface area contributed by atoms with Crippen LogP contribution < -0.4 is 10.5 Å². The van der Waals surface area contributed by atoms with Crippen molar-refractivity contribution in [2.75, 3.05) is 0 Å². The van der Waals surface area contributed by atoms with Crippen LogP contribution in [0.5, 0.6) is 5.75 Å². The van der Waals surface area contributed by atoms with Gasteiger partial charge in [0.1, 0.15) is 5.75 Å². The Morgan fingerprint density at radius 3 is 2.18 bits per heavy atom. The molecule has 0 unspecified atom stereocenters. The first-order valence-electron chi connectivity index (χ1n) is 5.69. The van der Waals surface area contributed by atoms with Gasteiger partial charge in [-0.2, -0.15) is 8.78 Å². The van der Waals surface area contributed by atoms with Gasteiger partial charge in [-0.15, -0.1) is 0 Å². The van der Waals surface area contributed by atoms with Crippen molar-refractivity contribution in [3.05, 3.63) is 29.8 Å². The molecule has 1 aliphatic carbocycles. The van der Waals surface area contributed by atoms with E-state index < -0.39 is 6.61 Å². The highest BCUT2D eigenvalue weighted by atomic mass is 19.3. The summed E-state index contributed by atoms with van der Waals surface area (Å²) in [4.78, 5) is 0. The Morgan fingerprint density at radius 2 is 1.76 bits per heavy atom. The number of benzene rings is 1. The van der Waals surface area contributed by atoms with Crippen molar-refractivity contribution < 1.29 is 13.5 Å². The molecule has 94 valence electrons. The van der Waals surface area contributed by atoms with Gasteiger partial charge in [-0.25, -0.2) is 0 Å². The second-order valence-corrected chi connectivity index (χ2v) is 5.18. The second kappa shape index (κ2) is 3.95. The lowest BCUT2D eigenvalue weighted by atomic mass is 9.76. The third-order valence-corrected chi connectivity index (χ3v) is 3.83. The summed E-state index contributed by atoms with van der Waals surface area (Å²) in [5.41, 5.74) is 6.98. The number of ether oxygens (including phenoxy) is 1. The van der Waals surface area contributed by atoms with Crippen LogP contribution in [0.4, 0.5) is 8.78 Å². The fourth-order valence-electron chi connectivity index (χ4n) is 2.10. The average molecular weight is 241 g/mol. The number of rotatable bonds is 4. The van der Waals surface area contributed by atoms with E-state index in [2.05, 4.69) is 18.6 Å². The molecule has 0 amide bonds. The molecule has 1 saturated carbocycles. The molecule has 0 spiro atoms. The molecule has 0 heterocycles. The molecular weight excluding hydrogens is 224 g/mol. The molecule has 2 rings (SSSR count). The predicted octanol–water partition coefficient (Wildman–Crippen LogP) is 3.06. The van der Waals surface area contributed by atoms with Crippen LogP contribution in [-0.4, -0.2) is 12.2 Å². The van der Waals surface area contributed by atoms with Gasteiger partial charge < -0.3 is 10.5 Å². The maximum atomic E-state index is 12.0. The summed E-state index contributed by atoms with van der Waals surface area (Å²) in [6, 6.07) is 6.75. The molecule has 0 radical (unpaired) electrons. The van der Waals surface area contributed by atoms with Gasteiger partial charge in [0, 0.05) is 11.0 Å². The molecule has 0 aliphatic heterocycles. The molecule has 2 nitrogen and oxygen atoms in total. The molecular formula is C13H17F2NO. The van der Waals surface area contributed by atoms with E-state index in [0.717, 1.165) is 18.4 Å². The molecule has 4 heteroatoms. The van der Waals surface area contributed by atoms with Gasteiger partial charge in [-0.1, -0.05) is 26.0 Å². The molecule has 1 fully saturated rings. The summed E-state index contributed by atoms with van der Waals surface area (Å²) in [6.45, 7) is 1.39. The van der Waals surface area contributed by atoms with E-state index >= 15 is 0 Å². The monoisotopic (exact) mass is 241 g/mol. The van der Waals surface area contributed by atoms with Gasteiger partial charge in [0.2, 0.25) is 0 Å². The number of hydrogen-bond acceptors (Lipinski definition) is 2. The maximum Gasteiger partial charge on any atom is 0.387 e. The normalized spacial score (nSPS) is 18.2. The Hall–Kier alpha value is -1.16. The summed E-state index contributed by atoms with van der Waals surface area (Å²) in [5.74, 6) is 0.182. The van der Waals surface area contributed by atoms with Gasteiger partial charge in [-0.05, 0) is 30.5 Å². The van der Waals surface area contributed by atoms with E-state index in [1.807, 2.05) is 12.1 Å². The maximum absolute atomic E-state index is 12.0. The van der Waals surface area contributed by atoms with Crippen molar-refractivity contribution in [1.82, 2.24) is 0 Å². The molecule has 0 saturated heterocycles. The zero-order chi connectivity index (χ0) is 12.7. The molecule has 0 bridgehead atoms. The minimum atomic E-state index is -2.78. The number of hydrogen-bond donors (Lipinski definition) is 1. The summed E-state index contributed by atoms with van der Waals surface area (Å²) >= 11 is 0. The zero-order valence-electron chi connectivity index (χ0n) is 10.0. The first kappa shape index (κ1) is 12.3. The summed E-state index contributed by atoms with van der Waals surface area (Å²) in [5, 5.41) is 0. The standard InChI is InChI=1S/C13H17F2NO/c1-12(2,13(16)7-8-13)9-3-5-10(6-4-9)17-11(14)15/h3-6,11H,7-8,16H2,1-2H3. The van der Waals surface area contributed by atoms with Crippen molar-refractivity contribution >= 4 is 0 Å². The number of nitrogens with two attached hydrogens (primary N) is 1. The summed E-state index contributed by atoms with van der Waals surface area (Å²) < 4.78 is 28.3. The largest absolute Gasteiger partial charge is 0.435 e. The van der Waals surface area contributed by atoms with Crippen LogP contribution in [0, 0.1) is 0 Å². The highest BCUT2D eigenvalue weighted by Gasteiger charge is 2.51. The second-order valence-electron chi connectivity index (χ2n) is 5.18. The lowest BCUT2D eigenvalue weighted by Gasteiger charge is -2.32. The van der Waals surface area contributed by atoms with Crippen LogP contribution in [0.2, 0.25) is 0 Å². The topological polar surface area (TPSA) is 35.2 Å². The van der Waals surface area contributed by atoms with Gasteiger partial charge in [0.25, 0.3) is 0 Å². The highest BCUT2D eigenvalue weighted by Crippen LogP contribution is 2.49. The SMILES string of the molecule is CC(C)(c1ccc(OC(F)F)cc1)C1(N)CC1. The van der Waals surface area contributed by atoms with E-state index in [0.29, 0.717) is 0 Å². The van der Waals surface area contributed by atoms with Crippen LogP contribution >= 0.6 is 0 Å². The first-order valence-corrected chi connectivity index (χ1v) is 5.69. The van der Waals surface area contributed by atoms with E-state index in [-0.39, 0.29) is 16.7 Å². The van der Waals surface area contributed by atoms with Crippen LogP contribution in [0.3, 0.4) is 0 Å². The molecule has 0 atom stereocenters. The fraction of sp³-hybridized carbons (Fsp3) is 0.538. The van der Waals surface area contributed by atoms with Crippen LogP contribution in [0.1, 0.15) is 32.3 Å². The molecule has 1 aliphatic rings. The van der Waals surface area contributed by atoms with Gasteiger partial charge in [-0.3, -0.25) is 0 Å². The quantitative estimate of drug-likeness (QED) is 0.879. The van der Waals surface area contributed by atoms with Crippen LogP contribution in [-0.2, 0) is 5.41 Å². The smallest absolute Gasteiger partial charge is 0.387 e. The molecule has 1 aromatic rings. The Morgan fingerprint density at radius 1 is 1.24 bits per heavy atom. The Bertz CT molecular complexity index is 396. The van der Waals surface area contributed by atoms with Crippen LogP contribution in [0.15, 0.2) is 24.3 Å². The molecule has 1 aromatic carbocycles. The summed E-state index contributed by atoms with van der Waals surface area (Å²) in [6.07, 6.45) is 2.02. The van der Waals surface area contributed by atoms with Crippen molar-refractivity contribution in [2.24, 2.45) is 5.73 Å². The van der Waals surface area contributed by atoms with E-state index in [9.17, 15) is 8.78 Å². The van der Waals surface area contributed by atoms with Crippen molar-refractivity contribution in [3.8, 4) is 5.75 Å². The first-order chi connectivity index (χ1) is 7.85. The summed E-state index contributed by atoms with van der Waals surface area (Å²) in [7, 11) is 0. The van der Waals surface area contributed by atoms with Crippen molar-refractivity contribution in [1.29, 1.82) is 0 Å². The third kappa shape index (κ3) is 2.27. The average Bonchev–Trinajstić information content (AvgIpc) is 2.98. The Labute approximate surface area is 99.8 Å². The van der Waals surface area contributed by atoms with Gasteiger partial charge in [0.05, 0.1) is 0 Å². The highest BCUT2D eigenvalue weighted by molar-refractivity contribution is 5.36. The predicted molar refractivity (Wildman–Crippen MR) is 62.3 cm³/mol. The van der Waals surface area contributed by atoms with Gasteiger partial charge in [0.15, 0.2) is 0 Å². The molecule has 2 N–H and O–H groups in total. The van der Waals surface area contributed by atoms with E-state index in [4.69, 9.17) is 5.73 Å². The Balaban J connectivity index is 2.18. The minimum Gasteiger partial charge on any atom is -0.435 e. The van der Waals surface area contributed by atoms with Crippen molar-refractivity contribution in [2.45, 2.75) is 44.3 Å². The third-order valence-electron chi connectivity index (χ3n) is 3.83. The Kier molecular flexibility index (Phi) is 2.86. The molecule has 17 heavy (non-hydrogen) atoms. The molecule has 0 aromatic heterocycles. The lowest BCUT2D eigenvalue weighted by molar-refractivity contribution is -0.0498. The van der Waals surface area contributed by atoms with E-state index in [1.54, 1.807) is 12.1 Å².